The number of aromatic nitrogens is 3. The van der Waals surface area contributed by atoms with Crippen molar-refractivity contribution in [3.8, 4) is 11.4 Å². The normalized spacial score (nSPS) is 21.3. The number of benzene rings is 2. The zero-order valence-electron chi connectivity index (χ0n) is 15.7. The molecule has 2 N–H and O–H groups in total. The van der Waals surface area contributed by atoms with Crippen LogP contribution >= 0.6 is 0 Å². The smallest absolute Gasteiger partial charge is 0.310 e. The van der Waals surface area contributed by atoms with Gasteiger partial charge in [-0.1, -0.05) is 42.5 Å². The third-order valence-corrected chi connectivity index (χ3v) is 5.45. The molecule has 2 aliphatic rings. The van der Waals surface area contributed by atoms with Crippen LogP contribution in [-0.2, 0) is 23.8 Å². The highest BCUT2D eigenvalue weighted by Gasteiger charge is 2.52. The minimum Gasteiger partial charge on any atom is -1.00 e. The fourth-order valence-electron chi connectivity index (χ4n) is 4.46. The van der Waals surface area contributed by atoms with Crippen LogP contribution in [0.5, 0.6) is 0 Å². The maximum atomic E-state index is 6.51. The number of fused-ring (bicyclic) bond motifs is 5. The van der Waals surface area contributed by atoms with Gasteiger partial charge in [0, 0.05) is 11.5 Å². The van der Waals surface area contributed by atoms with Crippen LogP contribution in [0.4, 0.5) is 0 Å². The number of hydrogen-bond acceptors (Lipinski definition) is 2. The number of hydrogen-bond donors (Lipinski definition) is 0. The van der Waals surface area contributed by atoms with E-state index in [9.17, 15) is 0 Å². The van der Waals surface area contributed by atoms with Crippen LogP contribution < -0.4 is 17.0 Å². The molecule has 1 aliphatic carbocycles. The molecule has 6 heteroatoms. The highest BCUT2D eigenvalue weighted by molar-refractivity contribution is 5.52. The quantitative estimate of drug-likeness (QED) is 0.522. The Morgan fingerprint density at radius 1 is 1.07 bits per heavy atom. The van der Waals surface area contributed by atoms with Gasteiger partial charge in [-0.25, -0.2) is 4.57 Å². The largest absolute Gasteiger partial charge is 1.00 e. The SMILES string of the molecule is Cn1nc2[n+](c1-c1ccccc1)C1c3ccccc3CC1OC2(C)C.O.[Cl-]. The molecule has 0 saturated carbocycles. The number of halogens is 1. The molecule has 0 spiro atoms. The minimum atomic E-state index is -0.409. The summed E-state index contributed by atoms with van der Waals surface area (Å²) >= 11 is 0. The molecule has 0 radical (unpaired) electrons. The average molecular weight is 386 g/mol. The summed E-state index contributed by atoms with van der Waals surface area (Å²) in [5.74, 6) is 2.13. The molecule has 2 unspecified atom stereocenters. The van der Waals surface area contributed by atoms with Gasteiger partial charge < -0.3 is 22.6 Å². The molecule has 2 heterocycles. The lowest BCUT2D eigenvalue weighted by atomic mass is 9.99. The van der Waals surface area contributed by atoms with Gasteiger partial charge in [0.25, 0.3) is 5.82 Å². The lowest BCUT2D eigenvalue weighted by Gasteiger charge is -2.34. The van der Waals surface area contributed by atoms with Crippen LogP contribution in [0.15, 0.2) is 54.6 Å². The second kappa shape index (κ2) is 6.75. The second-order valence-corrected chi connectivity index (χ2v) is 7.52. The molecule has 3 aromatic rings. The first kappa shape index (κ1) is 19.5. The Kier molecular flexibility index (Phi) is 4.89. The van der Waals surface area contributed by atoms with Crippen LogP contribution in [0.3, 0.4) is 0 Å². The molecule has 27 heavy (non-hydrogen) atoms. The van der Waals surface area contributed by atoms with Crippen LogP contribution in [0.25, 0.3) is 11.4 Å². The summed E-state index contributed by atoms with van der Waals surface area (Å²) in [6, 6.07) is 19.4. The van der Waals surface area contributed by atoms with Crippen molar-refractivity contribution in [2.45, 2.75) is 38.0 Å². The Labute approximate surface area is 165 Å². The van der Waals surface area contributed by atoms with Gasteiger partial charge in [0.2, 0.25) is 0 Å². The molecule has 1 aliphatic heterocycles. The van der Waals surface area contributed by atoms with Gasteiger partial charge in [-0.15, -0.1) is 4.68 Å². The maximum absolute atomic E-state index is 6.51. The topological polar surface area (TPSA) is 62.4 Å². The molecular formula is C21H24ClN3O2. The standard InChI is InChI=1S/C21H22N3O.ClH.H2O/c1-21(2)20-22-23(3)19(14-9-5-4-6-10-14)24(20)18-16-12-8-7-11-15(16)13-17(18)25-21;;/h4-12,17-18H,13H2,1-3H3;1H;1H2/q+1;;/p-1. The predicted molar refractivity (Wildman–Crippen MR) is 98.6 cm³/mol. The summed E-state index contributed by atoms with van der Waals surface area (Å²) in [6.07, 6.45) is 1.11. The van der Waals surface area contributed by atoms with Crippen molar-refractivity contribution in [1.82, 2.24) is 9.78 Å². The van der Waals surface area contributed by atoms with Gasteiger partial charge in [0.05, 0.1) is 12.6 Å². The Balaban J connectivity index is 0.00000105. The van der Waals surface area contributed by atoms with Crippen molar-refractivity contribution >= 4 is 0 Å². The Morgan fingerprint density at radius 3 is 2.48 bits per heavy atom. The molecule has 0 saturated heterocycles. The van der Waals surface area contributed by atoms with E-state index in [1.165, 1.54) is 16.7 Å². The molecule has 5 rings (SSSR count). The minimum absolute atomic E-state index is 0. The first-order valence-corrected chi connectivity index (χ1v) is 8.86. The van der Waals surface area contributed by atoms with E-state index in [4.69, 9.17) is 9.84 Å². The van der Waals surface area contributed by atoms with E-state index >= 15 is 0 Å². The lowest BCUT2D eigenvalue weighted by molar-refractivity contribution is -0.737. The van der Waals surface area contributed by atoms with Crippen molar-refractivity contribution < 1.29 is 27.2 Å². The Hall–Kier alpha value is -2.21. The van der Waals surface area contributed by atoms with E-state index in [1.54, 1.807) is 0 Å². The highest BCUT2D eigenvalue weighted by Crippen LogP contribution is 2.42. The number of aryl methyl sites for hydroxylation is 1. The average Bonchev–Trinajstić information content (AvgIpc) is 3.12. The van der Waals surface area contributed by atoms with Gasteiger partial charge in [-0.05, 0) is 37.1 Å². The van der Waals surface area contributed by atoms with Crippen molar-refractivity contribution in [2.75, 3.05) is 0 Å². The fourth-order valence-corrected chi connectivity index (χ4v) is 4.46. The van der Waals surface area contributed by atoms with Crippen molar-refractivity contribution in [3.63, 3.8) is 0 Å². The summed E-state index contributed by atoms with van der Waals surface area (Å²) in [7, 11) is 2.03. The van der Waals surface area contributed by atoms with Gasteiger partial charge in [-0.2, -0.15) is 0 Å². The summed E-state index contributed by atoms with van der Waals surface area (Å²) in [4.78, 5) is 0. The molecule has 5 nitrogen and oxygen atoms in total. The third-order valence-electron chi connectivity index (χ3n) is 5.45. The number of nitrogens with zero attached hydrogens (tertiary/aromatic N) is 3. The number of rotatable bonds is 1. The van der Waals surface area contributed by atoms with Crippen LogP contribution in [-0.4, -0.2) is 21.4 Å². The zero-order valence-corrected chi connectivity index (χ0v) is 16.4. The van der Waals surface area contributed by atoms with Crippen molar-refractivity contribution in [1.29, 1.82) is 0 Å². The van der Waals surface area contributed by atoms with E-state index in [0.29, 0.717) is 0 Å². The van der Waals surface area contributed by atoms with E-state index < -0.39 is 5.60 Å². The molecule has 0 amide bonds. The first-order chi connectivity index (χ1) is 12.1. The van der Waals surface area contributed by atoms with Gasteiger partial charge in [0.1, 0.15) is 12.1 Å². The molecule has 0 bridgehead atoms. The summed E-state index contributed by atoms with van der Waals surface area (Å²) < 4.78 is 10.9. The molecule has 1 aromatic heterocycles. The fraction of sp³-hybridized carbons (Fsp3) is 0.333. The van der Waals surface area contributed by atoms with Crippen LogP contribution in [0.2, 0.25) is 0 Å². The van der Waals surface area contributed by atoms with Gasteiger partial charge in [-0.3, -0.25) is 0 Å². The van der Waals surface area contributed by atoms with Crippen LogP contribution in [0, 0.1) is 0 Å². The van der Waals surface area contributed by atoms with Crippen molar-refractivity contribution in [2.24, 2.45) is 7.05 Å². The summed E-state index contributed by atoms with van der Waals surface area (Å²) in [6.45, 7) is 4.25. The van der Waals surface area contributed by atoms with E-state index in [0.717, 1.165) is 18.1 Å². The summed E-state index contributed by atoms with van der Waals surface area (Å²) in [5, 5.41) is 4.87. The monoisotopic (exact) mass is 385 g/mol. The van der Waals surface area contributed by atoms with Crippen LogP contribution in [0.1, 0.15) is 36.8 Å². The van der Waals surface area contributed by atoms with Gasteiger partial charge in [0.15, 0.2) is 5.60 Å². The number of ether oxygens (including phenoxy) is 1. The molecule has 0 fully saturated rings. The lowest BCUT2D eigenvalue weighted by Crippen LogP contribution is -3.00. The van der Waals surface area contributed by atoms with E-state index in [-0.39, 0.29) is 30.0 Å². The Bertz CT molecular complexity index is 969. The first-order valence-electron chi connectivity index (χ1n) is 8.86. The summed E-state index contributed by atoms with van der Waals surface area (Å²) in [5.41, 5.74) is 3.52. The van der Waals surface area contributed by atoms with E-state index in [2.05, 4.69) is 73.0 Å². The van der Waals surface area contributed by atoms with Gasteiger partial charge >= 0.3 is 5.82 Å². The Morgan fingerprint density at radius 2 is 1.74 bits per heavy atom. The van der Waals surface area contributed by atoms with E-state index in [1.807, 2.05) is 11.7 Å². The third kappa shape index (κ3) is 2.78. The predicted octanol–water partition coefficient (Wildman–Crippen LogP) is -0.667. The van der Waals surface area contributed by atoms with Crippen molar-refractivity contribution in [3.05, 3.63) is 71.5 Å². The zero-order chi connectivity index (χ0) is 17.2. The maximum Gasteiger partial charge on any atom is 0.310 e. The molecule has 2 atom stereocenters. The second-order valence-electron chi connectivity index (χ2n) is 7.52. The molecule has 142 valence electrons. The highest BCUT2D eigenvalue weighted by atomic mass is 35.5. The molecule has 2 aromatic carbocycles. The molecular weight excluding hydrogens is 362 g/mol.